The first kappa shape index (κ1) is 42.5. The van der Waals surface area contributed by atoms with E-state index in [2.05, 4.69) is 31.3 Å². The number of azide groups is 1. The van der Waals surface area contributed by atoms with Crippen molar-refractivity contribution in [2.24, 2.45) is 10.1 Å². The lowest BCUT2D eigenvalue weighted by Gasteiger charge is -2.32. The number of nitrogens with zero attached hydrogens (tertiary/aromatic N) is 4. The van der Waals surface area contributed by atoms with Gasteiger partial charge in [-0.3, -0.25) is 4.79 Å². The Morgan fingerprint density at radius 3 is 2.13 bits per heavy atom. The van der Waals surface area contributed by atoms with Crippen LogP contribution in [0.2, 0.25) is 0 Å². The van der Waals surface area contributed by atoms with Crippen LogP contribution >= 0.6 is 15.9 Å². The van der Waals surface area contributed by atoms with Gasteiger partial charge in [0.2, 0.25) is 5.90 Å². The SMILES string of the molecule is [N-]=[N+]=NCc1ccccc1[C@H]1OC(c2ccc(OCCCO)cc2)=N[C@@]1(Cc1ccc(Br)cc1)C(=O)NCCc1ccc(OCc2ccccc2)c(OCc2ccccc2)c1. The number of benzene rings is 6. The van der Waals surface area contributed by atoms with E-state index in [1.807, 2.05) is 152 Å². The smallest absolute Gasteiger partial charge is 0.252 e. The van der Waals surface area contributed by atoms with Gasteiger partial charge in [0.15, 0.2) is 23.1 Å². The zero-order valence-electron chi connectivity index (χ0n) is 33.5. The first-order valence-corrected chi connectivity index (χ1v) is 20.9. The van der Waals surface area contributed by atoms with E-state index in [4.69, 9.17) is 23.9 Å². The number of halogens is 1. The lowest BCUT2D eigenvalue weighted by atomic mass is 9.80. The second kappa shape index (κ2) is 21.1. The molecule has 7 rings (SSSR count). The molecule has 1 aliphatic rings. The summed E-state index contributed by atoms with van der Waals surface area (Å²) in [5.74, 6) is 1.84. The van der Waals surface area contributed by atoms with Crippen LogP contribution in [0.3, 0.4) is 0 Å². The fourth-order valence-electron chi connectivity index (χ4n) is 7.10. The number of hydrogen-bond acceptors (Lipinski definition) is 8. The summed E-state index contributed by atoms with van der Waals surface area (Å²) < 4.78 is 26.0. The fourth-order valence-corrected chi connectivity index (χ4v) is 7.36. The van der Waals surface area contributed by atoms with Gasteiger partial charge in [-0.15, -0.1) is 0 Å². The number of hydrogen-bond donors (Lipinski definition) is 2. The predicted molar refractivity (Wildman–Crippen MR) is 239 cm³/mol. The first-order valence-electron chi connectivity index (χ1n) is 20.1. The molecule has 0 aliphatic carbocycles. The van der Waals surface area contributed by atoms with E-state index in [0.717, 1.165) is 32.3 Å². The third-order valence-electron chi connectivity index (χ3n) is 10.2. The molecule has 0 saturated carbocycles. The maximum atomic E-state index is 15.0. The summed E-state index contributed by atoms with van der Waals surface area (Å²) >= 11 is 3.54. The number of aliphatic hydroxyl groups is 1. The van der Waals surface area contributed by atoms with Crippen molar-refractivity contribution in [3.05, 3.63) is 206 Å². The molecule has 12 heteroatoms. The van der Waals surface area contributed by atoms with Crippen molar-refractivity contribution in [1.82, 2.24) is 5.32 Å². The second-order valence-corrected chi connectivity index (χ2v) is 15.4. The van der Waals surface area contributed by atoms with Gasteiger partial charge < -0.3 is 29.4 Å². The molecule has 0 saturated heterocycles. The van der Waals surface area contributed by atoms with Crippen LogP contribution in [0.15, 0.2) is 166 Å². The summed E-state index contributed by atoms with van der Waals surface area (Å²) in [4.78, 5) is 23.2. The van der Waals surface area contributed by atoms with Crippen LogP contribution in [0.25, 0.3) is 10.4 Å². The standard InChI is InChI=1S/C49H46BrN5O6/c50-41-21-16-36(17-22-41)31-49(46(43-15-8-7-14-40(43)32-53-55-51)61-47(54-49)39-19-23-42(24-20-39)58-29-9-28-56)48(57)52-27-26-35-18-25-44(59-33-37-10-3-1-4-11-37)45(30-35)60-34-38-12-5-2-6-13-38/h1-8,10-25,30,46,56H,9,26-29,31-34H2,(H,52,57)/t46-,49-/m1/s1. The highest BCUT2D eigenvalue weighted by Crippen LogP contribution is 2.44. The molecule has 0 fully saturated rings. The number of ether oxygens (including phenoxy) is 4. The van der Waals surface area contributed by atoms with Crippen molar-refractivity contribution >= 4 is 27.7 Å². The summed E-state index contributed by atoms with van der Waals surface area (Å²) in [7, 11) is 0. The number of nitrogens with one attached hydrogen (secondary N) is 1. The molecule has 0 unspecified atom stereocenters. The Morgan fingerprint density at radius 1 is 0.787 bits per heavy atom. The van der Waals surface area contributed by atoms with Gasteiger partial charge in [-0.1, -0.05) is 124 Å². The van der Waals surface area contributed by atoms with Crippen molar-refractivity contribution in [3.8, 4) is 17.2 Å². The minimum absolute atomic E-state index is 0.0361. The lowest BCUT2D eigenvalue weighted by molar-refractivity contribution is -0.128. The molecule has 1 heterocycles. The summed E-state index contributed by atoms with van der Waals surface area (Å²) in [5.41, 5.74) is 13.8. The number of carbonyl (C=O) groups excluding carboxylic acids is 1. The van der Waals surface area contributed by atoms with E-state index in [1.165, 1.54) is 0 Å². The van der Waals surface area contributed by atoms with Crippen LogP contribution in [0, 0.1) is 0 Å². The Labute approximate surface area is 363 Å². The Balaban J connectivity index is 1.19. The minimum atomic E-state index is -1.47. The minimum Gasteiger partial charge on any atom is -0.494 e. The highest BCUT2D eigenvalue weighted by molar-refractivity contribution is 9.10. The van der Waals surface area contributed by atoms with Crippen LogP contribution in [-0.4, -0.2) is 42.2 Å². The molecule has 0 radical (unpaired) electrons. The second-order valence-electron chi connectivity index (χ2n) is 14.5. The van der Waals surface area contributed by atoms with E-state index >= 15 is 4.79 Å². The molecule has 0 spiro atoms. The maximum absolute atomic E-state index is 15.0. The third-order valence-corrected chi connectivity index (χ3v) is 10.8. The molecule has 11 nitrogen and oxygen atoms in total. The summed E-state index contributed by atoms with van der Waals surface area (Å²) in [6.07, 6.45) is 0.341. The Morgan fingerprint density at radius 2 is 1.44 bits per heavy atom. The van der Waals surface area contributed by atoms with E-state index < -0.39 is 11.6 Å². The number of carbonyl (C=O) groups is 1. The maximum Gasteiger partial charge on any atom is 0.252 e. The van der Waals surface area contributed by atoms with Crippen LogP contribution in [-0.2, 0) is 42.1 Å². The van der Waals surface area contributed by atoms with Crippen molar-refractivity contribution in [2.75, 3.05) is 19.8 Å². The van der Waals surface area contributed by atoms with Gasteiger partial charge in [-0.2, -0.15) is 0 Å². The molecule has 1 amide bonds. The number of amides is 1. The summed E-state index contributed by atoms with van der Waals surface area (Å²) in [6.45, 7) is 1.53. The fraction of sp³-hybridized carbons (Fsp3) is 0.224. The number of aliphatic hydroxyl groups excluding tert-OH is 1. The van der Waals surface area contributed by atoms with Crippen molar-refractivity contribution < 1.29 is 28.8 Å². The van der Waals surface area contributed by atoms with Crippen LogP contribution in [0.5, 0.6) is 17.2 Å². The van der Waals surface area contributed by atoms with Crippen molar-refractivity contribution in [3.63, 3.8) is 0 Å². The Bertz CT molecular complexity index is 2450. The molecule has 0 aromatic heterocycles. The van der Waals surface area contributed by atoms with Gasteiger partial charge in [-0.25, -0.2) is 4.99 Å². The monoisotopic (exact) mass is 879 g/mol. The van der Waals surface area contributed by atoms with E-state index in [0.29, 0.717) is 73.5 Å². The Hall–Kier alpha value is -6.59. The van der Waals surface area contributed by atoms with Gasteiger partial charge in [0.05, 0.1) is 13.2 Å². The molecule has 61 heavy (non-hydrogen) atoms. The van der Waals surface area contributed by atoms with E-state index in [-0.39, 0.29) is 25.5 Å². The van der Waals surface area contributed by atoms with Crippen LogP contribution in [0.1, 0.15) is 51.5 Å². The largest absolute Gasteiger partial charge is 0.494 e. The predicted octanol–water partition coefficient (Wildman–Crippen LogP) is 10.0. The average molecular weight is 881 g/mol. The van der Waals surface area contributed by atoms with Crippen molar-refractivity contribution in [1.29, 1.82) is 0 Å². The summed E-state index contributed by atoms with van der Waals surface area (Å²) in [5, 5.41) is 16.3. The molecule has 6 aromatic rings. The van der Waals surface area contributed by atoms with E-state index in [1.54, 1.807) is 0 Å². The van der Waals surface area contributed by atoms with Crippen molar-refractivity contribution in [2.45, 2.75) is 50.7 Å². The quantitative estimate of drug-likeness (QED) is 0.0338. The highest BCUT2D eigenvalue weighted by Gasteiger charge is 2.53. The van der Waals surface area contributed by atoms with Gasteiger partial charge in [0.25, 0.3) is 5.91 Å². The molecule has 310 valence electrons. The zero-order valence-corrected chi connectivity index (χ0v) is 35.1. The number of aliphatic imine (C=N–C) groups is 1. The molecule has 0 bridgehead atoms. The summed E-state index contributed by atoms with van der Waals surface area (Å²) in [6, 6.07) is 48.4. The molecular weight excluding hydrogens is 834 g/mol. The molecule has 2 N–H and O–H groups in total. The average Bonchev–Trinajstić information content (AvgIpc) is 3.69. The molecule has 2 atom stereocenters. The van der Waals surface area contributed by atoms with Gasteiger partial charge in [-0.05, 0) is 93.9 Å². The van der Waals surface area contributed by atoms with Gasteiger partial charge in [0, 0.05) is 40.9 Å². The van der Waals surface area contributed by atoms with Gasteiger partial charge >= 0.3 is 0 Å². The normalized spacial score (nSPS) is 15.5. The van der Waals surface area contributed by atoms with E-state index in [9.17, 15) is 10.6 Å². The van der Waals surface area contributed by atoms with Crippen LogP contribution in [0.4, 0.5) is 0 Å². The highest BCUT2D eigenvalue weighted by atomic mass is 79.9. The third kappa shape index (κ3) is 11.2. The Kier molecular flexibility index (Phi) is 14.7. The van der Waals surface area contributed by atoms with Gasteiger partial charge in [0.1, 0.15) is 19.0 Å². The topological polar surface area (TPSA) is 147 Å². The zero-order chi connectivity index (χ0) is 42.3. The lowest BCUT2D eigenvalue weighted by Crippen LogP contribution is -2.50. The molecule has 1 aliphatic heterocycles. The molecule has 6 aromatic carbocycles. The van der Waals surface area contributed by atoms with Crippen LogP contribution < -0.4 is 19.5 Å². The molecular formula is C49H46BrN5O6. The number of rotatable bonds is 20. The first-order chi connectivity index (χ1) is 29.9.